The fraction of sp³-hybridized carbons (Fsp3) is 0.474. The maximum Gasteiger partial charge on any atom is 0.224 e. The number of benzene rings is 1. The zero-order valence-electron chi connectivity index (χ0n) is 15.0. The first-order valence-electron chi connectivity index (χ1n) is 8.83. The number of hydrogen-bond acceptors (Lipinski definition) is 4. The molecule has 1 aromatic heterocycles. The highest BCUT2D eigenvalue weighted by atomic mass is 35.5. The Labute approximate surface area is 158 Å². The van der Waals surface area contributed by atoms with E-state index in [4.69, 9.17) is 26.2 Å². The van der Waals surface area contributed by atoms with Gasteiger partial charge < -0.3 is 14.8 Å². The van der Waals surface area contributed by atoms with E-state index in [0.29, 0.717) is 31.2 Å². The fourth-order valence-corrected chi connectivity index (χ4v) is 3.34. The van der Waals surface area contributed by atoms with Gasteiger partial charge in [0, 0.05) is 42.8 Å². The van der Waals surface area contributed by atoms with Crippen LogP contribution in [-0.4, -0.2) is 42.6 Å². The first kappa shape index (κ1) is 18.9. The minimum atomic E-state index is -0.0398. The van der Waals surface area contributed by atoms with Gasteiger partial charge in [0.05, 0.1) is 38.5 Å². The zero-order chi connectivity index (χ0) is 18.4. The molecule has 1 aliphatic heterocycles. The summed E-state index contributed by atoms with van der Waals surface area (Å²) in [6.45, 7) is 3.21. The third-order valence-corrected chi connectivity index (χ3v) is 4.85. The van der Waals surface area contributed by atoms with E-state index in [1.54, 1.807) is 13.2 Å². The standard InChI is InChI=1S/C19H24ClN3O3/c1-25-11-9-23-18-7-10-26-13-15(18)17(22-23)6-8-21-19(24)12-14-4-2-3-5-16(14)20/h2-5H,6-13H2,1H3,(H,21,24). The van der Waals surface area contributed by atoms with Crippen LogP contribution in [0.15, 0.2) is 24.3 Å². The first-order chi connectivity index (χ1) is 12.7. The van der Waals surface area contributed by atoms with Crippen molar-refractivity contribution < 1.29 is 14.3 Å². The molecule has 0 spiro atoms. The van der Waals surface area contributed by atoms with Gasteiger partial charge in [-0.1, -0.05) is 29.8 Å². The van der Waals surface area contributed by atoms with Gasteiger partial charge in [0.15, 0.2) is 0 Å². The van der Waals surface area contributed by atoms with Gasteiger partial charge in [-0.3, -0.25) is 9.48 Å². The van der Waals surface area contributed by atoms with Crippen LogP contribution in [-0.2, 0) is 46.7 Å². The molecule has 1 amide bonds. The normalized spacial score (nSPS) is 13.5. The number of hydrogen-bond donors (Lipinski definition) is 1. The number of methoxy groups -OCH3 is 1. The minimum absolute atomic E-state index is 0.0398. The van der Waals surface area contributed by atoms with Crippen LogP contribution in [0.25, 0.3) is 0 Å². The molecular formula is C19H24ClN3O3. The maximum atomic E-state index is 12.2. The average Bonchev–Trinajstić information content (AvgIpc) is 3.00. The molecule has 0 radical (unpaired) electrons. The van der Waals surface area contributed by atoms with E-state index in [2.05, 4.69) is 5.32 Å². The Bertz CT molecular complexity index is 760. The summed E-state index contributed by atoms with van der Waals surface area (Å²) < 4.78 is 12.8. The van der Waals surface area contributed by atoms with E-state index in [-0.39, 0.29) is 12.3 Å². The highest BCUT2D eigenvalue weighted by Crippen LogP contribution is 2.21. The van der Waals surface area contributed by atoms with Crippen LogP contribution in [0.2, 0.25) is 5.02 Å². The van der Waals surface area contributed by atoms with Crippen molar-refractivity contribution in [3.05, 3.63) is 51.8 Å². The maximum absolute atomic E-state index is 12.2. The smallest absolute Gasteiger partial charge is 0.224 e. The van der Waals surface area contributed by atoms with Crippen molar-refractivity contribution in [3.63, 3.8) is 0 Å². The van der Waals surface area contributed by atoms with Gasteiger partial charge in [-0.15, -0.1) is 0 Å². The lowest BCUT2D eigenvalue weighted by molar-refractivity contribution is -0.120. The number of ether oxygens (including phenoxy) is 2. The number of aromatic nitrogens is 2. The highest BCUT2D eigenvalue weighted by molar-refractivity contribution is 6.31. The molecule has 7 heteroatoms. The van der Waals surface area contributed by atoms with Crippen LogP contribution in [0, 0.1) is 0 Å². The van der Waals surface area contributed by atoms with Crippen molar-refractivity contribution in [2.75, 3.05) is 26.9 Å². The molecule has 0 fully saturated rings. The molecule has 0 bridgehead atoms. The van der Waals surface area contributed by atoms with Crippen molar-refractivity contribution in [1.29, 1.82) is 0 Å². The lowest BCUT2D eigenvalue weighted by Gasteiger charge is -2.15. The monoisotopic (exact) mass is 377 g/mol. The molecule has 1 N–H and O–H groups in total. The second kappa shape index (κ2) is 9.16. The average molecular weight is 378 g/mol. The Morgan fingerprint density at radius 3 is 3.08 bits per heavy atom. The number of nitrogens with one attached hydrogen (secondary N) is 1. The molecule has 6 nitrogen and oxygen atoms in total. The largest absolute Gasteiger partial charge is 0.383 e. The Kier molecular flexibility index (Phi) is 6.66. The SMILES string of the molecule is COCCn1nc(CCNC(=O)Cc2ccccc2Cl)c2c1CCOC2. The first-order valence-corrected chi connectivity index (χ1v) is 9.21. The molecule has 0 saturated carbocycles. The van der Waals surface area contributed by atoms with Gasteiger partial charge >= 0.3 is 0 Å². The molecular weight excluding hydrogens is 354 g/mol. The van der Waals surface area contributed by atoms with Crippen molar-refractivity contribution in [2.45, 2.75) is 32.4 Å². The lowest BCUT2D eigenvalue weighted by Crippen LogP contribution is -2.27. The second-order valence-electron chi connectivity index (χ2n) is 6.26. The van der Waals surface area contributed by atoms with Crippen LogP contribution in [0.1, 0.15) is 22.5 Å². The van der Waals surface area contributed by atoms with Gasteiger partial charge in [0.1, 0.15) is 0 Å². The molecule has 26 heavy (non-hydrogen) atoms. The summed E-state index contributed by atoms with van der Waals surface area (Å²) >= 11 is 6.11. The van der Waals surface area contributed by atoms with Crippen LogP contribution in [0.5, 0.6) is 0 Å². The molecule has 0 atom stereocenters. The summed E-state index contributed by atoms with van der Waals surface area (Å²) in [7, 11) is 1.69. The van der Waals surface area contributed by atoms with Gasteiger partial charge in [0.25, 0.3) is 0 Å². The number of carbonyl (C=O) groups excluding carboxylic acids is 1. The Morgan fingerprint density at radius 2 is 2.27 bits per heavy atom. The Hall–Kier alpha value is -1.89. The zero-order valence-corrected chi connectivity index (χ0v) is 15.7. The number of amides is 1. The summed E-state index contributed by atoms with van der Waals surface area (Å²) in [5.41, 5.74) is 4.22. The van der Waals surface area contributed by atoms with E-state index in [1.165, 1.54) is 5.69 Å². The van der Waals surface area contributed by atoms with E-state index in [0.717, 1.165) is 36.4 Å². The summed E-state index contributed by atoms with van der Waals surface area (Å²) in [6, 6.07) is 7.40. The summed E-state index contributed by atoms with van der Waals surface area (Å²) in [6.07, 6.45) is 1.83. The summed E-state index contributed by atoms with van der Waals surface area (Å²) in [4.78, 5) is 12.2. The van der Waals surface area contributed by atoms with Crippen molar-refractivity contribution in [3.8, 4) is 0 Å². The second-order valence-corrected chi connectivity index (χ2v) is 6.67. The van der Waals surface area contributed by atoms with E-state index in [1.807, 2.05) is 22.9 Å². The molecule has 3 rings (SSSR count). The fourth-order valence-electron chi connectivity index (χ4n) is 3.14. The Balaban J connectivity index is 1.57. The molecule has 0 aliphatic carbocycles. The van der Waals surface area contributed by atoms with E-state index in [9.17, 15) is 4.79 Å². The third kappa shape index (κ3) is 4.63. The Morgan fingerprint density at radius 1 is 1.42 bits per heavy atom. The molecule has 140 valence electrons. The lowest BCUT2D eigenvalue weighted by atomic mass is 10.1. The van der Waals surface area contributed by atoms with E-state index < -0.39 is 0 Å². The minimum Gasteiger partial charge on any atom is -0.383 e. The van der Waals surface area contributed by atoms with Gasteiger partial charge in [-0.2, -0.15) is 5.10 Å². The van der Waals surface area contributed by atoms with Crippen LogP contribution in [0.3, 0.4) is 0 Å². The molecule has 1 aliphatic rings. The number of rotatable bonds is 8. The molecule has 2 heterocycles. The van der Waals surface area contributed by atoms with Crippen LogP contribution in [0.4, 0.5) is 0 Å². The van der Waals surface area contributed by atoms with Gasteiger partial charge in [0.2, 0.25) is 5.91 Å². The highest BCUT2D eigenvalue weighted by Gasteiger charge is 2.21. The summed E-state index contributed by atoms with van der Waals surface area (Å²) in [5.74, 6) is -0.0398. The molecule has 2 aromatic rings. The predicted molar refractivity (Wildman–Crippen MR) is 99.3 cm³/mol. The molecule has 1 aromatic carbocycles. The molecule has 0 unspecified atom stereocenters. The molecule has 0 saturated heterocycles. The van der Waals surface area contributed by atoms with Crippen LogP contribution >= 0.6 is 11.6 Å². The topological polar surface area (TPSA) is 65.4 Å². The van der Waals surface area contributed by atoms with Crippen molar-refractivity contribution >= 4 is 17.5 Å². The van der Waals surface area contributed by atoms with Gasteiger partial charge in [-0.05, 0) is 11.6 Å². The van der Waals surface area contributed by atoms with Crippen molar-refractivity contribution in [1.82, 2.24) is 15.1 Å². The van der Waals surface area contributed by atoms with Gasteiger partial charge in [-0.25, -0.2) is 0 Å². The quantitative estimate of drug-likeness (QED) is 0.765. The van der Waals surface area contributed by atoms with Crippen LogP contribution < -0.4 is 5.32 Å². The summed E-state index contributed by atoms with van der Waals surface area (Å²) in [5, 5.41) is 8.28. The van der Waals surface area contributed by atoms with E-state index >= 15 is 0 Å². The predicted octanol–water partition coefficient (Wildman–Crippen LogP) is 2.16. The van der Waals surface area contributed by atoms with Crippen molar-refractivity contribution in [2.24, 2.45) is 0 Å². The third-order valence-electron chi connectivity index (χ3n) is 4.48. The number of nitrogens with zero attached hydrogens (tertiary/aromatic N) is 2. The number of fused-ring (bicyclic) bond motifs is 1. The number of carbonyl (C=O) groups is 1. The number of halogens is 1.